The number of anilines is 1. The summed E-state index contributed by atoms with van der Waals surface area (Å²) in [5.74, 6) is 0.190. The predicted molar refractivity (Wildman–Crippen MR) is 141 cm³/mol. The van der Waals surface area contributed by atoms with Crippen LogP contribution in [0, 0.1) is 16.4 Å². The first-order valence-electron chi connectivity index (χ1n) is 10.0. The number of aromatic amines is 1. The molecule has 0 saturated carbocycles. The maximum absolute atomic E-state index is 12.7. The number of hydrogen-bond donors (Lipinski definition) is 3. The smallest absolute Gasteiger partial charge is 0.253 e. The van der Waals surface area contributed by atoms with Crippen LogP contribution in [0.25, 0.3) is 0 Å². The van der Waals surface area contributed by atoms with Crippen molar-refractivity contribution < 1.29 is 9.59 Å². The molecule has 1 atom stereocenters. The molecule has 174 valence electrons. The van der Waals surface area contributed by atoms with Crippen LogP contribution in [0.5, 0.6) is 0 Å². The number of nitrogens with zero attached hydrogens (tertiary/aromatic N) is 2. The Hall–Kier alpha value is -1.82. The highest BCUT2D eigenvalue weighted by Gasteiger charge is 2.24. The number of nitrogens with one attached hydrogen (secondary N) is 3. The number of rotatable bonds is 8. The number of hydrogen-bond acceptors (Lipinski definition) is 5. The lowest BCUT2D eigenvalue weighted by Gasteiger charge is -2.20. The third kappa shape index (κ3) is 7.08. The zero-order chi connectivity index (χ0) is 24.1. The summed E-state index contributed by atoms with van der Waals surface area (Å²) in [7, 11) is 0. The molecule has 2 amide bonds. The van der Waals surface area contributed by atoms with Crippen molar-refractivity contribution in [3.8, 4) is 0 Å². The predicted octanol–water partition coefficient (Wildman–Crippen LogP) is 5.88. The number of benzene rings is 2. The van der Waals surface area contributed by atoms with Gasteiger partial charge >= 0.3 is 0 Å². The largest absolute Gasteiger partial charge is 0.342 e. The second kappa shape index (κ2) is 11.5. The van der Waals surface area contributed by atoms with E-state index >= 15 is 0 Å². The first-order chi connectivity index (χ1) is 15.6. The van der Waals surface area contributed by atoms with E-state index in [0.29, 0.717) is 21.6 Å². The molecule has 0 aliphatic rings. The molecule has 0 fully saturated rings. The monoisotopic (exact) mass is 617 g/mol. The molecular weight excluding hydrogens is 596 g/mol. The van der Waals surface area contributed by atoms with E-state index < -0.39 is 6.04 Å². The second-order valence-corrected chi connectivity index (χ2v) is 10.7. The van der Waals surface area contributed by atoms with Crippen LogP contribution in [0.3, 0.4) is 0 Å². The van der Waals surface area contributed by atoms with Crippen molar-refractivity contribution in [1.82, 2.24) is 20.5 Å². The van der Waals surface area contributed by atoms with E-state index in [1.165, 1.54) is 17.8 Å². The number of amides is 2. The number of H-pyrrole nitrogens is 1. The molecule has 0 unspecified atom stereocenters. The molecular formula is C22H22Cl2IN5O2S. The summed E-state index contributed by atoms with van der Waals surface area (Å²) in [6.07, 6.45) is 0. The molecule has 33 heavy (non-hydrogen) atoms. The van der Waals surface area contributed by atoms with Crippen molar-refractivity contribution in [2.75, 3.05) is 11.1 Å². The number of aromatic nitrogens is 3. The Labute approximate surface area is 219 Å². The van der Waals surface area contributed by atoms with E-state index in [0.717, 1.165) is 14.8 Å². The van der Waals surface area contributed by atoms with Gasteiger partial charge in [-0.3, -0.25) is 14.7 Å². The van der Waals surface area contributed by atoms with Crippen LogP contribution >= 0.6 is 57.6 Å². The van der Waals surface area contributed by atoms with Crippen molar-refractivity contribution >= 4 is 75.1 Å². The third-order valence-electron chi connectivity index (χ3n) is 4.70. The summed E-state index contributed by atoms with van der Waals surface area (Å²) in [5, 5.41) is 14.0. The van der Waals surface area contributed by atoms with Crippen LogP contribution in [0.4, 0.5) is 5.69 Å². The number of carbonyl (C=O) groups is 2. The molecule has 0 aliphatic heterocycles. The Morgan fingerprint density at radius 3 is 2.61 bits per heavy atom. The van der Waals surface area contributed by atoms with Gasteiger partial charge in [0.25, 0.3) is 5.91 Å². The summed E-state index contributed by atoms with van der Waals surface area (Å²) < 4.78 is 1.11. The molecule has 0 bridgehead atoms. The normalized spacial score (nSPS) is 12.0. The summed E-state index contributed by atoms with van der Waals surface area (Å²) in [6, 6.07) is 10.1. The molecule has 3 N–H and O–H groups in total. The van der Waals surface area contributed by atoms with Crippen LogP contribution in [-0.2, 0) is 4.79 Å². The van der Waals surface area contributed by atoms with Gasteiger partial charge in [-0.2, -0.15) is 0 Å². The molecule has 0 aliphatic carbocycles. The maximum atomic E-state index is 12.7. The van der Waals surface area contributed by atoms with Crippen molar-refractivity contribution in [2.24, 2.45) is 5.92 Å². The number of carbonyl (C=O) groups excluding carboxylic acids is 2. The van der Waals surface area contributed by atoms with Gasteiger partial charge in [0.2, 0.25) is 11.1 Å². The number of thioether (sulfide) groups is 1. The fourth-order valence-electron chi connectivity index (χ4n) is 2.99. The lowest BCUT2D eigenvalue weighted by molar-refractivity contribution is -0.113. The van der Waals surface area contributed by atoms with Crippen molar-refractivity contribution in [1.29, 1.82) is 0 Å². The van der Waals surface area contributed by atoms with Crippen molar-refractivity contribution in [3.05, 3.63) is 67.0 Å². The van der Waals surface area contributed by atoms with Crippen LogP contribution in [0.2, 0.25) is 10.0 Å². The maximum Gasteiger partial charge on any atom is 0.253 e. The first-order valence-corrected chi connectivity index (χ1v) is 12.8. The van der Waals surface area contributed by atoms with Crippen LogP contribution in [-0.4, -0.2) is 32.7 Å². The van der Waals surface area contributed by atoms with E-state index in [9.17, 15) is 9.59 Å². The lowest BCUT2D eigenvalue weighted by Crippen LogP contribution is -2.32. The van der Waals surface area contributed by atoms with Gasteiger partial charge < -0.3 is 10.6 Å². The lowest BCUT2D eigenvalue weighted by atomic mass is 10.0. The van der Waals surface area contributed by atoms with E-state index in [1.807, 2.05) is 39.0 Å². The quantitative estimate of drug-likeness (QED) is 0.216. The zero-order valence-corrected chi connectivity index (χ0v) is 22.6. The fraction of sp³-hybridized carbons (Fsp3) is 0.273. The second-order valence-electron chi connectivity index (χ2n) is 7.62. The van der Waals surface area contributed by atoms with Gasteiger partial charge in [0.1, 0.15) is 5.82 Å². The summed E-state index contributed by atoms with van der Waals surface area (Å²) >= 11 is 15.5. The van der Waals surface area contributed by atoms with Gasteiger partial charge in [-0.05, 0) is 77.4 Å². The van der Waals surface area contributed by atoms with Gasteiger partial charge in [-0.15, -0.1) is 5.10 Å². The topological polar surface area (TPSA) is 99.8 Å². The Bertz CT molecular complexity index is 1170. The number of halogens is 3. The highest BCUT2D eigenvalue weighted by atomic mass is 127. The molecule has 11 heteroatoms. The van der Waals surface area contributed by atoms with Crippen LogP contribution in [0.1, 0.15) is 41.6 Å². The third-order valence-corrected chi connectivity index (χ3v) is 6.77. The van der Waals surface area contributed by atoms with Gasteiger partial charge in [0.15, 0.2) is 0 Å². The standard InChI is InChI=1S/C22H22Cl2IN5O2S/c1-11(2)19(27-21(32)15-6-4-13(23)9-16(15)24)20-28-22(30-29-20)33-10-18(31)26-17-7-5-14(25)8-12(17)3/h4-9,11,19H,10H2,1-3H3,(H,26,31)(H,27,32)(H,28,29,30)/t19-/m1/s1. The minimum Gasteiger partial charge on any atom is -0.342 e. The molecule has 7 nitrogen and oxygen atoms in total. The van der Waals surface area contributed by atoms with Gasteiger partial charge in [-0.25, -0.2) is 4.98 Å². The zero-order valence-electron chi connectivity index (χ0n) is 18.1. The average molecular weight is 618 g/mol. The number of aryl methyl sites for hydroxylation is 1. The van der Waals surface area contributed by atoms with E-state index in [4.69, 9.17) is 23.2 Å². The van der Waals surface area contributed by atoms with Gasteiger partial charge in [0.05, 0.1) is 22.4 Å². The van der Waals surface area contributed by atoms with E-state index in [-0.39, 0.29) is 28.5 Å². The Kier molecular flexibility index (Phi) is 9.02. The van der Waals surface area contributed by atoms with Gasteiger partial charge in [-0.1, -0.05) is 48.8 Å². The molecule has 1 aromatic heterocycles. The summed E-state index contributed by atoms with van der Waals surface area (Å²) in [5.41, 5.74) is 2.10. The molecule has 3 aromatic rings. The first kappa shape index (κ1) is 25.8. The molecule has 0 radical (unpaired) electrons. The van der Waals surface area contributed by atoms with Gasteiger partial charge in [0, 0.05) is 14.3 Å². The molecule has 2 aromatic carbocycles. The Morgan fingerprint density at radius 2 is 1.94 bits per heavy atom. The Balaban J connectivity index is 1.62. The van der Waals surface area contributed by atoms with Crippen LogP contribution in [0.15, 0.2) is 41.6 Å². The molecule has 3 rings (SSSR count). The van der Waals surface area contributed by atoms with Crippen molar-refractivity contribution in [2.45, 2.75) is 32.0 Å². The molecule has 0 saturated heterocycles. The fourth-order valence-corrected chi connectivity index (χ4v) is 4.74. The SMILES string of the molecule is Cc1cc(I)ccc1NC(=O)CSc1n[nH]c([C@H](NC(=O)c2ccc(Cl)cc2Cl)C(C)C)n1. The molecule has 1 heterocycles. The van der Waals surface area contributed by atoms with Crippen LogP contribution < -0.4 is 10.6 Å². The van der Waals surface area contributed by atoms with Crippen molar-refractivity contribution in [3.63, 3.8) is 0 Å². The summed E-state index contributed by atoms with van der Waals surface area (Å²) in [4.78, 5) is 29.6. The molecule has 0 spiro atoms. The minimum absolute atomic E-state index is 0.0259. The average Bonchev–Trinajstić information content (AvgIpc) is 3.21. The van der Waals surface area contributed by atoms with E-state index in [2.05, 4.69) is 48.4 Å². The Morgan fingerprint density at radius 1 is 1.18 bits per heavy atom. The summed E-state index contributed by atoms with van der Waals surface area (Å²) in [6.45, 7) is 5.87. The van der Waals surface area contributed by atoms with E-state index in [1.54, 1.807) is 12.1 Å². The minimum atomic E-state index is -0.422. The highest BCUT2D eigenvalue weighted by molar-refractivity contribution is 14.1. The highest BCUT2D eigenvalue weighted by Crippen LogP contribution is 2.25.